The Hall–Kier alpha value is -2.95. The summed E-state index contributed by atoms with van der Waals surface area (Å²) in [6.45, 7) is 0. The summed E-state index contributed by atoms with van der Waals surface area (Å²) in [5, 5.41) is 2.57. The van der Waals surface area contributed by atoms with Gasteiger partial charge in [-0.1, -0.05) is 12.1 Å². The lowest BCUT2D eigenvalue weighted by molar-refractivity contribution is -0.717. The highest BCUT2D eigenvalue weighted by Gasteiger charge is 2.41. The van der Waals surface area contributed by atoms with Gasteiger partial charge in [-0.05, 0) is 30.3 Å². The summed E-state index contributed by atoms with van der Waals surface area (Å²) in [6, 6.07) is 14.2. The number of rotatable bonds is 3. The van der Waals surface area contributed by atoms with Gasteiger partial charge in [-0.2, -0.15) is 0 Å². The van der Waals surface area contributed by atoms with Crippen molar-refractivity contribution in [3.8, 4) is 0 Å². The van der Waals surface area contributed by atoms with Gasteiger partial charge in [-0.15, -0.1) is 0 Å². The van der Waals surface area contributed by atoms with E-state index in [9.17, 15) is 9.59 Å². The van der Waals surface area contributed by atoms with Gasteiger partial charge >= 0.3 is 5.71 Å². The highest BCUT2D eigenvalue weighted by atomic mass is 16.7. The van der Waals surface area contributed by atoms with Gasteiger partial charge in [0.05, 0.1) is 5.56 Å². The van der Waals surface area contributed by atoms with E-state index in [1.54, 1.807) is 37.4 Å². The summed E-state index contributed by atoms with van der Waals surface area (Å²) < 4.78 is 1.52. The van der Waals surface area contributed by atoms with Crippen molar-refractivity contribution in [2.45, 2.75) is 0 Å². The number of ketones is 1. The molecular weight excluding hydrogens is 280 g/mol. The number of hydrogen-bond donors (Lipinski definition) is 1. The molecule has 0 saturated heterocycles. The summed E-state index contributed by atoms with van der Waals surface area (Å²) in [5.41, 5.74) is 3.02. The molecule has 1 aliphatic rings. The maximum Gasteiger partial charge on any atom is 0.313 e. The van der Waals surface area contributed by atoms with E-state index in [1.807, 2.05) is 18.2 Å². The van der Waals surface area contributed by atoms with Gasteiger partial charge in [0.1, 0.15) is 12.7 Å². The lowest BCUT2D eigenvalue weighted by atomic mass is 10.0. The maximum atomic E-state index is 12.6. The zero-order valence-electron chi connectivity index (χ0n) is 12.3. The van der Waals surface area contributed by atoms with E-state index in [-0.39, 0.29) is 11.7 Å². The molecule has 0 aromatic heterocycles. The van der Waals surface area contributed by atoms with Crippen LogP contribution in [0.25, 0.3) is 0 Å². The number of nitrogens with zero attached hydrogens (tertiary/aromatic N) is 1. The Bertz CT molecular complexity index is 792. The first-order valence-corrected chi connectivity index (χ1v) is 6.85. The number of hydrogen-bond acceptors (Lipinski definition) is 3. The first kappa shape index (κ1) is 14.0. The van der Waals surface area contributed by atoms with Crippen LogP contribution < -0.4 is 5.32 Å². The molecule has 0 aliphatic carbocycles. The van der Waals surface area contributed by atoms with Crippen molar-refractivity contribution in [2.24, 2.45) is 0 Å². The molecule has 0 unspecified atom stereocenters. The van der Waals surface area contributed by atoms with Crippen molar-refractivity contribution >= 4 is 23.1 Å². The second-order valence-electron chi connectivity index (χ2n) is 4.83. The number of nitrogens with one attached hydrogen (secondary N) is 1. The molecule has 0 radical (unpaired) electrons. The van der Waals surface area contributed by atoms with Gasteiger partial charge in [0.15, 0.2) is 0 Å². The number of amides is 1. The van der Waals surface area contributed by atoms with Crippen LogP contribution in [-0.4, -0.2) is 36.3 Å². The number of para-hydroxylation sites is 1. The fourth-order valence-electron chi connectivity index (χ4n) is 2.54. The molecular formula is C17H15N2O3+. The second kappa shape index (κ2) is 5.44. The number of Topliss-reactive ketones (excluding diaryl/α,β-unsaturated/α-hetero) is 1. The lowest BCUT2D eigenvalue weighted by Gasteiger charge is -2.01. The largest absolute Gasteiger partial charge is 0.355 e. The van der Waals surface area contributed by atoms with Gasteiger partial charge in [0, 0.05) is 23.4 Å². The minimum Gasteiger partial charge on any atom is -0.355 e. The van der Waals surface area contributed by atoms with Crippen LogP contribution >= 0.6 is 0 Å². The third-order valence-electron chi connectivity index (χ3n) is 3.62. The van der Waals surface area contributed by atoms with Crippen LogP contribution in [0.3, 0.4) is 0 Å². The highest BCUT2D eigenvalue weighted by molar-refractivity contribution is 6.52. The van der Waals surface area contributed by atoms with Crippen LogP contribution in [-0.2, 0) is 4.84 Å². The van der Waals surface area contributed by atoms with Gasteiger partial charge < -0.3 is 5.32 Å². The molecule has 1 aliphatic heterocycles. The monoisotopic (exact) mass is 295 g/mol. The zero-order valence-corrected chi connectivity index (χ0v) is 12.3. The minimum atomic E-state index is -0.166. The quantitative estimate of drug-likeness (QED) is 0.880. The highest BCUT2D eigenvalue weighted by Crippen LogP contribution is 2.28. The van der Waals surface area contributed by atoms with E-state index in [2.05, 4.69) is 5.32 Å². The Morgan fingerprint density at radius 2 is 1.77 bits per heavy atom. The predicted octanol–water partition coefficient (Wildman–Crippen LogP) is 1.94. The number of carbonyl (C=O) groups is 2. The third-order valence-corrected chi connectivity index (χ3v) is 3.62. The van der Waals surface area contributed by atoms with Crippen LogP contribution in [0.1, 0.15) is 26.3 Å². The van der Waals surface area contributed by atoms with Gasteiger partial charge in [0.2, 0.25) is 0 Å². The Morgan fingerprint density at radius 3 is 2.41 bits per heavy atom. The molecule has 0 saturated carbocycles. The standard InChI is InChI=1S/C17H14N2O3/c1-18-17(21)12-9-7-11(8-10-12)15-16(20)13-5-3-4-6-14(13)19(15)22-2/h3-10H,1-2H3/p+1. The van der Waals surface area contributed by atoms with Crippen LogP contribution in [0.5, 0.6) is 0 Å². The van der Waals surface area contributed by atoms with Crippen LogP contribution in [0.2, 0.25) is 0 Å². The minimum absolute atomic E-state index is 0.0925. The van der Waals surface area contributed by atoms with Crippen molar-refractivity contribution in [3.63, 3.8) is 0 Å². The van der Waals surface area contributed by atoms with Crippen molar-refractivity contribution in [3.05, 3.63) is 65.2 Å². The molecule has 5 nitrogen and oxygen atoms in total. The molecule has 0 fully saturated rings. The van der Waals surface area contributed by atoms with Gasteiger partial charge in [-0.25, -0.2) is 0 Å². The molecule has 22 heavy (non-hydrogen) atoms. The van der Waals surface area contributed by atoms with Gasteiger partial charge in [-0.3, -0.25) is 14.4 Å². The third kappa shape index (κ3) is 2.07. The van der Waals surface area contributed by atoms with Crippen LogP contribution in [0.4, 0.5) is 5.69 Å². The number of fused-ring (bicyclic) bond motifs is 1. The summed E-state index contributed by atoms with van der Waals surface area (Å²) in [6.07, 6.45) is 0. The van der Waals surface area contributed by atoms with E-state index in [1.165, 1.54) is 11.8 Å². The molecule has 0 spiro atoms. The predicted molar refractivity (Wildman–Crippen MR) is 81.6 cm³/mol. The Kier molecular flexibility index (Phi) is 3.47. The first-order valence-electron chi connectivity index (χ1n) is 6.85. The number of benzene rings is 2. The fraction of sp³-hybridized carbons (Fsp3) is 0.118. The molecule has 1 heterocycles. The van der Waals surface area contributed by atoms with Crippen molar-refractivity contribution in [1.82, 2.24) is 5.32 Å². The Labute approximate surface area is 127 Å². The molecule has 110 valence electrons. The van der Waals surface area contributed by atoms with Crippen LogP contribution in [0.15, 0.2) is 48.5 Å². The summed E-state index contributed by atoms with van der Waals surface area (Å²) >= 11 is 0. The molecule has 2 aromatic carbocycles. The zero-order chi connectivity index (χ0) is 15.7. The molecule has 5 heteroatoms. The SMILES string of the molecule is CNC(=O)c1ccc(C2=[N+](OC)c3ccccc3C2=O)cc1. The van der Waals surface area contributed by atoms with E-state index < -0.39 is 0 Å². The average molecular weight is 295 g/mol. The molecule has 0 atom stereocenters. The lowest BCUT2D eigenvalue weighted by Crippen LogP contribution is -2.20. The Balaban J connectivity index is 2.08. The first-order chi connectivity index (χ1) is 10.7. The normalized spacial score (nSPS) is 13.1. The van der Waals surface area contributed by atoms with E-state index in [0.717, 1.165) is 5.69 Å². The van der Waals surface area contributed by atoms with Crippen molar-refractivity contribution < 1.29 is 19.2 Å². The summed E-state index contributed by atoms with van der Waals surface area (Å²) in [7, 11) is 3.10. The summed E-state index contributed by atoms with van der Waals surface area (Å²) in [5.74, 6) is -0.258. The van der Waals surface area contributed by atoms with Crippen molar-refractivity contribution in [2.75, 3.05) is 14.2 Å². The molecule has 0 bridgehead atoms. The molecule has 1 N–H and O–H groups in total. The second-order valence-corrected chi connectivity index (χ2v) is 4.83. The van der Waals surface area contributed by atoms with Crippen molar-refractivity contribution in [1.29, 1.82) is 0 Å². The summed E-state index contributed by atoms with van der Waals surface area (Å²) in [4.78, 5) is 29.6. The molecule has 2 aromatic rings. The van der Waals surface area contributed by atoms with Gasteiger partial charge in [0.25, 0.3) is 17.4 Å². The maximum absolute atomic E-state index is 12.6. The van der Waals surface area contributed by atoms with E-state index >= 15 is 0 Å². The van der Waals surface area contributed by atoms with Crippen LogP contribution in [0, 0.1) is 0 Å². The smallest absolute Gasteiger partial charge is 0.313 e. The average Bonchev–Trinajstić information content (AvgIpc) is 2.87. The van der Waals surface area contributed by atoms with E-state index in [4.69, 9.17) is 4.84 Å². The van der Waals surface area contributed by atoms with E-state index in [0.29, 0.717) is 22.4 Å². The fourth-order valence-corrected chi connectivity index (χ4v) is 2.54. The molecule has 3 rings (SSSR count). The number of carbonyl (C=O) groups excluding carboxylic acids is 2. The molecule has 1 amide bonds. The Morgan fingerprint density at radius 1 is 1.09 bits per heavy atom. The topological polar surface area (TPSA) is 58.4 Å².